The molecule has 1 rings (SSSR count). The third-order valence-corrected chi connectivity index (χ3v) is 2.08. The van der Waals surface area contributed by atoms with Crippen LogP contribution < -0.4 is 5.73 Å². The second-order valence-electron chi connectivity index (χ2n) is 2.64. The first-order valence-corrected chi connectivity index (χ1v) is 3.78. The van der Waals surface area contributed by atoms with Crippen molar-refractivity contribution in [3.8, 4) is 0 Å². The molecule has 0 aromatic carbocycles. The summed E-state index contributed by atoms with van der Waals surface area (Å²) in [6.45, 7) is 0. The Morgan fingerprint density at radius 1 is 1.67 bits per heavy atom. The SMILES string of the molecule is NC(C(O)CCl)C1CC1. The van der Waals surface area contributed by atoms with Crippen LogP contribution in [0.2, 0.25) is 0 Å². The molecule has 0 saturated heterocycles. The van der Waals surface area contributed by atoms with E-state index in [1.807, 2.05) is 0 Å². The van der Waals surface area contributed by atoms with Gasteiger partial charge in [0.2, 0.25) is 0 Å². The topological polar surface area (TPSA) is 46.2 Å². The molecule has 0 aromatic rings. The summed E-state index contributed by atoms with van der Waals surface area (Å²) in [5.74, 6) is 0.802. The van der Waals surface area contributed by atoms with Crippen molar-refractivity contribution in [2.45, 2.75) is 25.0 Å². The smallest absolute Gasteiger partial charge is 0.0828 e. The molecular formula is C6H12ClNO. The van der Waals surface area contributed by atoms with E-state index < -0.39 is 6.10 Å². The average Bonchev–Trinajstić information content (AvgIpc) is 2.66. The normalized spacial score (nSPS) is 25.7. The molecule has 1 aliphatic carbocycles. The maximum absolute atomic E-state index is 9.08. The molecule has 0 heterocycles. The van der Waals surface area contributed by atoms with Gasteiger partial charge in [-0.1, -0.05) is 0 Å². The van der Waals surface area contributed by atoms with Gasteiger partial charge in [-0.2, -0.15) is 0 Å². The molecule has 0 bridgehead atoms. The van der Waals surface area contributed by atoms with E-state index in [4.69, 9.17) is 22.4 Å². The second kappa shape index (κ2) is 2.86. The van der Waals surface area contributed by atoms with Crippen LogP contribution in [-0.2, 0) is 0 Å². The largest absolute Gasteiger partial charge is 0.390 e. The van der Waals surface area contributed by atoms with Gasteiger partial charge < -0.3 is 10.8 Å². The zero-order chi connectivity index (χ0) is 6.85. The Morgan fingerprint density at radius 2 is 2.22 bits per heavy atom. The number of nitrogens with two attached hydrogens (primary N) is 1. The fourth-order valence-corrected chi connectivity index (χ4v) is 1.10. The molecule has 0 radical (unpaired) electrons. The van der Waals surface area contributed by atoms with Crippen LogP contribution in [0.4, 0.5) is 0 Å². The van der Waals surface area contributed by atoms with Crippen molar-refractivity contribution in [2.75, 3.05) is 5.88 Å². The standard InChI is InChI=1S/C6H12ClNO/c7-3-5(9)6(8)4-1-2-4/h4-6,9H,1-3,8H2. The Kier molecular flexibility index (Phi) is 2.33. The predicted octanol–water partition coefficient (Wildman–Crippen LogP) is 0.323. The summed E-state index contributed by atoms with van der Waals surface area (Å²) in [6.07, 6.45) is 1.82. The fraction of sp³-hybridized carbons (Fsp3) is 1.00. The number of aliphatic hydroxyl groups is 1. The Hall–Kier alpha value is 0.210. The maximum Gasteiger partial charge on any atom is 0.0828 e. The molecule has 9 heavy (non-hydrogen) atoms. The summed E-state index contributed by atoms with van der Waals surface area (Å²) in [5, 5.41) is 9.08. The van der Waals surface area contributed by atoms with Crippen molar-refractivity contribution in [3.63, 3.8) is 0 Å². The number of alkyl halides is 1. The van der Waals surface area contributed by atoms with Gasteiger partial charge in [0.05, 0.1) is 6.10 Å². The summed E-state index contributed by atoms with van der Waals surface area (Å²) >= 11 is 5.39. The van der Waals surface area contributed by atoms with Crippen LogP contribution in [0.15, 0.2) is 0 Å². The second-order valence-corrected chi connectivity index (χ2v) is 2.95. The van der Waals surface area contributed by atoms with Crippen LogP contribution >= 0.6 is 11.6 Å². The van der Waals surface area contributed by atoms with Gasteiger partial charge in [-0.15, -0.1) is 11.6 Å². The Morgan fingerprint density at radius 3 is 2.56 bits per heavy atom. The number of hydrogen-bond donors (Lipinski definition) is 2. The van der Waals surface area contributed by atoms with Crippen LogP contribution in [0.25, 0.3) is 0 Å². The molecule has 1 fully saturated rings. The summed E-state index contributed by atoms with van der Waals surface area (Å²) in [6, 6.07) is -0.0810. The van der Waals surface area contributed by atoms with Gasteiger partial charge in [0.1, 0.15) is 0 Å². The van der Waals surface area contributed by atoms with E-state index in [0.29, 0.717) is 5.92 Å². The fourth-order valence-electron chi connectivity index (χ4n) is 0.898. The lowest BCUT2D eigenvalue weighted by Crippen LogP contribution is -2.37. The first-order valence-electron chi connectivity index (χ1n) is 3.25. The molecular weight excluding hydrogens is 138 g/mol. The Bertz CT molecular complexity index is 95.1. The van der Waals surface area contributed by atoms with Gasteiger partial charge in [-0.05, 0) is 18.8 Å². The number of aliphatic hydroxyl groups excluding tert-OH is 1. The molecule has 54 valence electrons. The third kappa shape index (κ3) is 1.81. The molecule has 0 spiro atoms. The number of rotatable bonds is 3. The molecule has 0 aliphatic heterocycles. The van der Waals surface area contributed by atoms with Crippen LogP contribution in [0.3, 0.4) is 0 Å². The van der Waals surface area contributed by atoms with Crippen LogP contribution in [-0.4, -0.2) is 23.1 Å². The minimum atomic E-state index is -0.501. The first kappa shape index (κ1) is 7.32. The Labute approximate surface area is 60.0 Å². The lowest BCUT2D eigenvalue weighted by molar-refractivity contribution is 0.157. The van der Waals surface area contributed by atoms with E-state index in [9.17, 15) is 0 Å². The Balaban J connectivity index is 2.22. The van der Waals surface area contributed by atoms with Gasteiger partial charge in [0, 0.05) is 11.9 Å². The summed E-state index contributed by atoms with van der Waals surface area (Å²) < 4.78 is 0. The molecule has 0 aromatic heterocycles. The maximum atomic E-state index is 9.08. The summed E-state index contributed by atoms with van der Waals surface area (Å²) in [5.41, 5.74) is 5.60. The van der Waals surface area contributed by atoms with Crippen molar-refractivity contribution in [1.82, 2.24) is 0 Å². The van der Waals surface area contributed by atoms with E-state index in [1.165, 1.54) is 0 Å². The molecule has 2 atom stereocenters. The molecule has 2 unspecified atom stereocenters. The third-order valence-electron chi connectivity index (χ3n) is 1.77. The lowest BCUT2D eigenvalue weighted by Gasteiger charge is -2.14. The quantitative estimate of drug-likeness (QED) is 0.568. The van der Waals surface area contributed by atoms with Gasteiger partial charge in [0.25, 0.3) is 0 Å². The molecule has 3 N–H and O–H groups in total. The van der Waals surface area contributed by atoms with E-state index in [-0.39, 0.29) is 11.9 Å². The van der Waals surface area contributed by atoms with Crippen LogP contribution in [0, 0.1) is 5.92 Å². The van der Waals surface area contributed by atoms with Crippen LogP contribution in [0.5, 0.6) is 0 Å². The molecule has 0 amide bonds. The van der Waals surface area contributed by atoms with Crippen molar-refractivity contribution in [1.29, 1.82) is 0 Å². The van der Waals surface area contributed by atoms with E-state index in [2.05, 4.69) is 0 Å². The van der Waals surface area contributed by atoms with Gasteiger partial charge in [0.15, 0.2) is 0 Å². The molecule has 3 heteroatoms. The average molecular weight is 150 g/mol. The zero-order valence-electron chi connectivity index (χ0n) is 5.26. The van der Waals surface area contributed by atoms with E-state index >= 15 is 0 Å². The van der Waals surface area contributed by atoms with E-state index in [0.717, 1.165) is 12.8 Å². The minimum Gasteiger partial charge on any atom is -0.390 e. The molecule has 1 aliphatic rings. The summed E-state index contributed by atoms with van der Waals surface area (Å²) in [4.78, 5) is 0. The predicted molar refractivity (Wildman–Crippen MR) is 37.4 cm³/mol. The number of halogens is 1. The zero-order valence-corrected chi connectivity index (χ0v) is 6.01. The number of hydrogen-bond acceptors (Lipinski definition) is 2. The lowest BCUT2D eigenvalue weighted by atomic mass is 10.1. The van der Waals surface area contributed by atoms with Crippen molar-refractivity contribution >= 4 is 11.6 Å². The first-order chi connectivity index (χ1) is 4.25. The summed E-state index contributed by atoms with van der Waals surface area (Å²) in [7, 11) is 0. The van der Waals surface area contributed by atoms with Crippen molar-refractivity contribution in [3.05, 3.63) is 0 Å². The molecule has 1 saturated carbocycles. The highest BCUT2D eigenvalue weighted by Crippen LogP contribution is 2.32. The van der Waals surface area contributed by atoms with Crippen molar-refractivity contribution < 1.29 is 5.11 Å². The van der Waals surface area contributed by atoms with Gasteiger partial charge in [-0.25, -0.2) is 0 Å². The minimum absolute atomic E-state index is 0.0810. The van der Waals surface area contributed by atoms with Crippen LogP contribution in [0.1, 0.15) is 12.8 Å². The van der Waals surface area contributed by atoms with Gasteiger partial charge >= 0.3 is 0 Å². The van der Waals surface area contributed by atoms with Crippen molar-refractivity contribution in [2.24, 2.45) is 11.7 Å². The highest BCUT2D eigenvalue weighted by atomic mass is 35.5. The van der Waals surface area contributed by atoms with E-state index in [1.54, 1.807) is 0 Å². The highest BCUT2D eigenvalue weighted by molar-refractivity contribution is 6.18. The monoisotopic (exact) mass is 149 g/mol. The van der Waals surface area contributed by atoms with Gasteiger partial charge in [-0.3, -0.25) is 0 Å². The highest BCUT2D eigenvalue weighted by Gasteiger charge is 2.32. The molecule has 2 nitrogen and oxygen atoms in total.